The molecule has 1 rings (SSSR count). The molecular formula is C6H8O8P2. The van der Waals surface area contributed by atoms with Gasteiger partial charge in [0, 0.05) is 0 Å². The van der Waals surface area contributed by atoms with Crippen molar-refractivity contribution in [3.8, 4) is 11.5 Å². The van der Waals surface area contributed by atoms with Gasteiger partial charge in [0.1, 0.15) is 22.1 Å². The Morgan fingerprint density at radius 2 is 1.00 bits per heavy atom. The first kappa shape index (κ1) is 13.2. The van der Waals surface area contributed by atoms with E-state index in [1.54, 1.807) is 0 Å². The van der Waals surface area contributed by atoms with Gasteiger partial charge in [0.15, 0.2) is 0 Å². The molecule has 16 heavy (non-hydrogen) atoms. The highest BCUT2D eigenvalue weighted by molar-refractivity contribution is 7.61. The lowest BCUT2D eigenvalue weighted by Crippen LogP contribution is -2.12. The summed E-state index contributed by atoms with van der Waals surface area (Å²) in [7, 11) is -9.64. The molecule has 1 aromatic rings. The van der Waals surface area contributed by atoms with Gasteiger partial charge >= 0.3 is 15.2 Å². The molecule has 1 aromatic carbocycles. The van der Waals surface area contributed by atoms with Crippen molar-refractivity contribution in [3.05, 3.63) is 12.1 Å². The van der Waals surface area contributed by atoms with Crippen LogP contribution in [0, 0.1) is 0 Å². The lowest BCUT2D eigenvalue weighted by atomic mass is 10.3. The molecule has 6 N–H and O–H groups in total. The first-order valence-corrected chi connectivity index (χ1v) is 6.94. The normalized spacial score (nSPS) is 12.8. The maximum absolute atomic E-state index is 10.8. The number of hydrogen-bond donors (Lipinski definition) is 6. The summed E-state index contributed by atoms with van der Waals surface area (Å²) < 4.78 is 21.6. The van der Waals surface area contributed by atoms with Gasteiger partial charge in [0.05, 0.1) is 0 Å². The molecule has 8 nitrogen and oxygen atoms in total. The molecule has 0 unspecified atom stereocenters. The van der Waals surface area contributed by atoms with Crippen LogP contribution < -0.4 is 10.6 Å². The van der Waals surface area contributed by atoms with Gasteiger partial charge in [-0.3, -0.25) is 9.13 Å². The van der Waals surface area contributed by atoms with Crippen molar-refractivity contribution in [2.75, 3.05) is 0 Å². The van der Waals surface area contributed by atoms with E-state index in [9.17, 15) is 9.13 Å². The Morgan fingerprint density at radius 3 is 1.19 bits per heavy atom. The fraction of sp³-hybridized carbons (Fsp3) is 0. The van der Waals surface area contributed by atoms with Crippen LogP contribution in [0.25, 0.3) is 0 Å². The van der Waals surface area contributed by atoms with Gasteiger partial charge in [0.2, 0.25) is 0 Å². The minimum atomic E-state index is -4.82. The van der Waals surface area contributed by atoms with Crippen LogP contribution in [0.5, 0.6) is 11.5 Å². The van der Waals surface area contributed by atoms with Gasteiger partial charge in [-0.05, 0) is 12.1 Å². The largest absolute Gasteiger partial charge is 0.507 e. The predicted octanol–water partition coefficient (Wildman–Crippen LogP) is -1.30. The molecule has 0 heterocycles. The SMILES string of the molecule is O=P(O)(O)c1cc(O)c(P(=O)(O)O)cc1O. The lowest BCUT2D eigenvalue weighted by molar-refractivity contribution is 0.379. The molecule has 0 atom stereocenters. The van der Waals surface area contributed by atoms with Crippen LogP contribution in [-0.2, 0) is 9.13 Å². The molecule has 0 saturated heterocycles. The van der Waals surface area contributed by atoms with Crippen molar-refractivity contribution >= 4 is 25.8 Å². The topological polar surface area (TPSA) is 156 Å². The van der Waals surface area contributed by atoms with Crippen molar-refractivity contribution in [2.45, 2.75) is 0 Å². The zero-order chi connectivity index (χ0) is 12.7. The summed E-state index contributed by atoms with van der Waals surface area (Å²) in [5, 5.41) is 16.5. The van der Waals surface area contributed by atoms with Gasteiger partial charge in [-0.2, -0.15) is 0 Å². The summed E-state index contributed by atoms with van der Waals surface area (Å²) in [6, 6.07) is 0.842. The molecule has 0 fully saturated rings. The zero-order valence-electron chi connectivity index (χ0n) is 7.55. The van der Waals surface area contributed by atoms with E-state index in [-0.39, 0.29) is 0 Å². The van der Waals surface area contributed by atoms with E-state index >= 15 is 0 Å². The minimum absolute atomic E-state index is 0.421. The number of hydrogen-bond acceptors (Lipinski definition) is 4. The Morgan fingerprint density at radius 1 is 0.750 bits per heavy atom. The summed E-state index contributed by atoms with van der Waals surface area (Å²) in [5.74, 6) is -1.99. The second-order valence-corrected chi connectivity index (χ2v) is 6.06. The molecular weight excluding hydrogens is 262 g/mol. The van der Waals surface area contributed by atoms with Gasteiger partial charge in [0.25, 0.3) is 0 Å². The van der Waals surface area contributed by atoms with Crippen molar-refractivity contribution in [3.63, 3.8) is 0 Å². The van der Waals surface area contributed by atoms with Crippen LogP contribution in [0.15, 0.2) is 12.1 Å². The fourth-order valence-corrected chi connectivity index (χ4v) is 2.33. The van der Waals surface area contributed by atoms with Gasteiger partial charge in [-0.15, -0.1) is 0 Å². The Bertz CT molecular complexity index is 464. The number of phenols is 2. The molecule has 90 valence electrons. The lowest BCUT2D eigenvalue weighted by Gasteiger charge is -2.11. The van der Waals surface area contributed by atoms with Crippen molar-refractivity contribution in [1.82, 2.24) is 0 Å². The Hall–Kier alpha value is -0.880. The van der Waals surface area contributed by atoms with Crippen molar-refractivity contribution < 1.29 is 38.9 Å². The quantitative estimate of drug-likeness (QED) is 0.286. The summed E-state index contributed by atoms with van der Waals surface area (Å²) in [6.45, 7) is 0. The number of aromatic hydroxyl groups is 2. The van der Waals surface area contributed by atoms with Crippen molar-refractivity contribution in [1.29, 1.82) is 0 Å². The van der Waals surface area contributed by atoms with Crippen LogP contribution in [-0.4, -0.2) is 29.8 Å². The zero-order valence-corrected chi connectivity index (χ0v) is 9.34. The highest BCUT2D eigenvalue weighted by Gasteiger charge is 2.29. The molecule has 0 aliphatic rings. The standard InChI is InChI=1S/C6H8O8P2/c7-3-1-5(15(9,10)11)4(8)2-6(3)16(12,13)14/h1-2,7-8H,(H2,9,10,11)(H2,12,13,14). The van der Waals surface area contributed by atoms with E-state index in [2.05, 4.69) is 0 Å². The highest BCUT2D eigenvalue weighted by Crippen LogP contribution is 2.42. The number of rotatable bonds is 2. The molecule has 0 radical (unpaired) electrons. The molecule has 0 aliphatic heterocycles. The van der Waals surface area contributed by atoms with Crippen molar-refractivity contribution in [2.24, 2.45) is 0 Å². The summed E-state index contributed by atoms with van der Waals surface area (Å²) >= 11 is 0. The maximum atomic E-state index is 10.8. The first-order chi connectivity index (χ1) is 7.03. The molecule has 0 aromatic heterocycles. The van der Waals surface area contributed by atoms with Crippen LogP contribution in [0.2, 0.25) is 0 Å². The number of benzene rings is 1. The van der Waals surface area contributed by atoms with Crippen LogP contribution >= 0.6 is 15.2 Å². The fourth-order valence-electron chi connectivity index (χ4n) is 1.02. The smallest absolute Gasteiger partial charge is 0.360 e. The maximum Gasteiger partial charge on any atom is 0.360 e. The van der Waals surface area contributed by atoms with E-state index in [0.29, 0.717) is 12.1 Å². The second kappa shape index (κ2) is 3.85. The third-order valence-electron chi connectivity index (χ3n) is 1.70. The Labute approximate surface area is 89.1 Å². The third-order valence-corrected chi connectivity index (χ3v) is 3.67. The van der Waals surface area contributed by atoms with E-state index in [0.717, 1.165) is 0 Å². The minimum Gasteiger partial charge on any atom is -0.507 e. The predicted molar refractivity (Wildman–Crippen MR) is 53.1 cm³/mol. The van der Waals surface area contributed by atoms with Crippen LogP contribution in [0.3, 0.4) is 0 Å². The third kappa shape index (κ3) is 2.62. The molecule has 0 amide bonds. The van der Waals surface area contributed by atoms with E-state index < -0.39 is 37.3 Å². The molecule has 0 saturated carbocycles. The monoisotopic (exact) mass is 270 g/mol. The second-order valence-electron chi connectivity index (χ2n) is 2.92. The van der Waals surface area contributed by atoms with Gasteiger partial charge < -0.3 is 29.8 Å². The molecule has 0 aliphatic carbocycles. The first-order valence-electron chi connectivity index (χ1n) is 3.71. The van der Waals surface area contributed by atoms with Gasteiger partial charge in [-0.25, -0.2) is 0 Å². The van der Waals surface area contributed by atoms with E-state index in [4.69, 9.17) is 29.8 Å². The van der Waals surface area contributed by atoms with Crippen LogP contribution in [0.4, 0.5) is 0 Å². The Balaban J connectivity index is 3.52. The van der Waals surface area contributed by atoms with E-state index in [1.165, 1.54) is 0 Å². The summed E-state index contributed by atoms with van der Waals surface area (Å²) in [5.41, 5.74) is 0. The molecule has 0 spiro atoms. The number of phenolic OH excluding ortho intramolecular Hbond substituents is 2. The highest BCUT2D eigenvalue weighted by atomic mass is 31.2. The van der Waals surface area contributed by atoms with Gasteiger partial charge in [-0.1, -0.05) is 0 Å². The van der Waals surface area contributed by atoms with Crippen LogP contribution in [0.1, 0.15) is 0 Å². The summed E-state index contributed by atoms with van der Waals surface area (Å²) in [4.78, 5) is 34.9. The summed E-state index contributed by atoms with van der Waals surface area (Å²) in [6.07, 6.45) is 0. The average molecular weight is 270 g/mol. The Kier molecular flexibility index (Phi) is 3.17. The average Bonchev–Trinajstić information content (AvgIpc) is 2.04. The van der Waals surface area contributed by atoms with E-state index in [1.807, 2.05) is 0 Å². The molecule has 10 heteroatoms. The molecule has 0 bridgehead atoms.